The Labute approximate surface area is 78.3 Å². The second-order valence-electron chi connectivity index (χ2n) is 2.63. The molecule has 0 amide bonds. The smallest absolute Gasteiger partial charge is 0.0979 e. The highest BCUT2D eigenvalue weighted by molar-refractivity contribution is 5.49. The quantitative estimate of drug-likeness (QED) is 0.694. The fourth-order valence-corrected chi connectivity index (χ4v) is 0.950. The average Bonchev–Trinajstić information content (AvgIpc) is 2.17. The molecular formula is C12H12O. The standard InChI is InChI=1S/C12H12O/c1-2-6-12(13)10-9-11-7-4-3-5-8-11/h3-10,12-13H,1H2/b10-9+. The summed E-state index contributed by atoms with van der Waals surface area (Å²) < 4.78 is 0. The van der Waals surface area contributed by atoms with E-state index in [1.165, 1.54) is 6.08 Å². The summed E-state index contributed by atoms with van der Waals surface area (Å²) >= 11 is 0. The van der Waals surface area contributed by atoms with Gasteiger partial charge >= 0.3 is 0 Å². The van der Waals surface area contributed by atoms with E-state index >= 15 is 0 Å². The van der Waals surface area contributed by atoms with Gasteiger partial charge in [-0.15, -0.1) is 5.73 Å². The highest BCUT2D eigenvalue weighted by Gasteiger charge is 1.89. The van der Waals surface area contributed by atoms with Crippen LogP contribution in [0.5, 0.6) is 0 Å². The molecule has 1 rings (SSSR count). The van der Waals surface area contributed by atoms with E-state index in [0.717, 1.165) is 5.56 Å². The van der Waals surface area contributed by atoms with Gasteiger partial charge in [0.2, 0.25) is 0 Å². The highest BCUT2D eigenvalue weighted by Crippen LogP contribution is 2.02. The first kappa shape index (κ1) is 9.53. The summed E-state index contributed by atoms with van der Waals surface area (Å²) in [6.07, 6.45) is 4.45. The van der Waals surface area contributed by atoms with Crippen LogP contribution in [0.1, 0.15) is 5.56 Å². The van der Waals surface area contributed by atoms with Crippen LogP contribution in [0.3, 0.4) is 0 Å². The third-order valence-corrected chi connectivity index (χ3v) is 1.57. The number of aliphatic hydroxyl groups is 1. The van der Waals surface area contributed by atoms with Gasteiger partial charge in [0.05, 0.1) is 6.10 Å². The molecule has 0 aliphatic carbocycles. The Balaban J connectivity index is 2.63. The predicted octanol–water partition coefficient (Wildman–Crippen LogP) is 2.40. The summed E-state index contributed by atoms with van der Waals surface area (Å²) in [4.78, 5) is 0. The average molecular weight is 172 g/mol. The van der Waals surface area contributed by atoms with Crippen molar-refractivity contribution in [3.63, 3.8) is 0 Å². The van der Waals surface area contributed by atoms with Gasteiger partial charge in [0.25, 0.3) is 0 Å². The van der Waals surface area contributed by atoms with Gasteiger partial charge in [-0.1, -0.05) is 49.1 Å². The van der Waals surface area contributed by atoms with E-state index in [9.17, 15) is 5.11 Å². The molecule has 0 radical (unpaired) electrons. The molecule has 0 spiro atoms. The molecule has 1 nitrogen and oxygen atoms in total. The van der Waals surface area contributed by atoms with Crippen molar-refractivity contribution in [1.29, 1.82) is 0 Å². The lowest BCUT2D eigenvalue weighted by Gasteiger charge is -1.95. The first-order valence-corrected chi connectivity index (χ1v) is 4.10. The van der Waals surface area contributed by atoms with Gasteiger partial charge < -0.3 is 5.11 Å². The Morgan fingerprint density at radius 1 is 1.31 bits per heavy atom. The van der Waals surface area contributed by atoms with E-state index in [4.69, 9.17) is 0 Å². The third kappa shape index (κ3) is 3.57. The van der Waals surface area contributed by atoms with Crippen molar-refractivity contribution in [2.24, 2.45) is 0 Å². The molecule has 1 atom stereocenters. The maximum Gasteiger partial charge on any atom is 0.0979 e. The topological polar surface area (TPSA) is 20.2 Å². The Hall–Kier alpha value is -1.56. The molecule has 0 saturated carbocycles. The van der Waals surface area contributed by atoms with Crippen LogP contribution in [-0.4, -0.2) is 11.2 Å². The molecule has 1 unspecified atom stereocenters. The van der Waals surface area contributed by atoms with E-state index in [-0.39, 0.29) is 0 Å². The second-order valence-corrected chi connectivity index (χ2v) is 2.63. The van der Waals surface area contributed by atoms with Gasteiger partial charge in [0.15, 0.2) is 0 Å². The van der Waals surface area contributed by atoms with Crippen molar-refractivity contribution in [1.82, 2.24) is 0 Å². The van der Waals surface area contributed by atoms with Gasteiger partial charge in [0.1, 0.15) is 0 Å². The van der Waals surface area contributed by atoms with Crippen molar-refractivity contribution in [3.05, 3.63) is 60.4 Å². The minimum absolute atomic E-state index is 0.599. The summed E-state index contributed by atoms with van der Waals surface area (Å²) in [5, 5.41) is 9.27. The predicted molar refractivity (Wildman–Crippen MR) is 55.2 cm³/mol. The molecule has 13 heavy (non-hydrogen) atoms. The van der Waals surface area contributed by atoms with Crippen LogP contribution < -0.4 is 0 Å². The van der Waals surface area contributed by atoms with Gasteiger partial charge in [-0.2, -0.15) is 0 Å². The van der Waals surface area contributed by atoms with Gasteiger partial charge in [-0.3, -0.25) is 0 Å². The normalized spacial score (nSPS) is 12.4. The zero-order valence-electron chi connectivity index (χ0n) is 7.35. The van der Waals surface area contributed by atoms with Crippen LogP contribution in [0.2, 0.25) is 0 Å². The van der Waals surface area contributed by atoms with Crippen molar-refractivity contribution in [2.45, 2.75) is 6.10 Å². The minimum atomic E-state index is -0.599. The lowest BCUT2D eigenvalue weighted by atomic mass is 10.2. The molecule has 1 heteroatoms. The SMILES string of the molecule is C=C=CC(O)/C=C/c1ccccc1. The lowest BCUT2D eigenvalue weighted by molar-refractivity contribution is 0.272. The summed E-state index contributed by atoms with van der Waals surface area (Å²) in [6, 6.07) is 9.81. The summed E-state index contributed by atoms with van der Waals surface area (Å²) in [5.41, 5.74) is 3.60. The van der Waals surface area contributed by atoms with E-state index in [2.05, 4.69) is 12.3 Å². The van der Waals surface area contributed by atoms with Crippen molar-refractivity contribution in [2.75, 3.05) is 0 Å². The number of benzene rings is 1. The zero-order chi connectivity index (χ0) is 9.52. The third-order valence-electron chi connectivity index (χ3n) is 1.57. The largest absolute Gasteiger partial charge is 0.384 e. The first-order chi connectivity index (χ1) is 6.33. The van der Waals surface area contributed by atoms with Crippen LogP contribution in [0.4, 0.5) is 0 Å². The Bertz CT molecular complexity index is 318. The van der Waals surface area contributed by atoms with Crippen LogP contribution in [-0.2, 0) is 0 Å². The lowest BCUT2D eigenvalue weighted by Crippen LogP contribution is -1.94. The highest BCUT2D eigenvalue weighted by atomic mass is 16.3. The summed E-state index contributed by atoms with van der Waals surface area (Å²) in [7, 11) is 0. The maximum absolute atomic E-state index is 9.27. The fraction of sp³-hybridized carbons (Fsp3) is 0.0833. The Morgan fingerprint density at radius 2 is 2.00 bits per heavy atom. The van der Waals surface area contributed by atoms with E-state index in [0.29, 0.717) is 0 Å². The molecule has 1 aromatic carbocycles. The molecule has 0 aliphatic rings. The molecule has 66 valence electrons. The van der Waals surface area contributed by atoms with Crippen LogP contribution in [0.15, 0.2) is 54.8 Å². The fourth-order valence-electron chi connectivity index (χ4n) is 0.950. The van der Waals surface area contributed by atoms with E-state index in [1.54, 1.807) is 6.08 Å². The van der Waals surface area contributed by atoms with Crippen LogP contribution >= 0.6 is 0 Å². The molecule has 1 N–H and O–H groups in total. The number of rotatable bonds is 3. The monoisotopic (exact) mass is 172 g/mol. The van der Waals surface area contributed by atoms with E-state index < -0.39 is 6.10 Å². The maximum atomic E-state index is 9.27. The van der Waals surface area contributed by atoms with Crippen LogP contribution in [0, 0.1) is 0 Å². The molecular weight excluding hydrogens is 160 g/mol. The first-order valence-electron chi connectivity index (χ1n) is 4.10. The summed E-state index contributed by atoms with van der Waals surface area (Å²) in [5.74, 6) is 0. The van der Waals surface area contributed by atoms with Crippen LogP contribution in [0.25, 0.3) is 6.08 Å². The van der Waals surface area contributed by atoms with Gasteiger partial charge in [-0.25, -0.2) is 0 Å². The van der Waals surface area contributed by atoms with Crippen molar-refractivity contribution in [3.8, 4) is 0 Å². The second kappa shape index (κ2) is 5.15. The molecule has 0 aliphatic heterocycles. The summed E-state index contributed by atoms with van der Waals surface area (Å²) in [6.45, 7) is 3.38. The minimum Gasteiger partial charge on any atom is -0.384 e. The molecule has 0 aromatic heterocycles. The Kier molecular flexibility index (Phi) is 3.77. The number of hydrogen-bond donors (Lipinski definition) is 1. The zero-order valence-corrected chi connectivity index (χ0v) is 7.35. The number of aliphatic hydroxyl groups excluding tert-OH is 1. The van der Waals surface area contributed by atoms with Gasteiger partial charge in [0, 0.05) is 0 Å². The van der Waals surface area contributed by atoms with Crippen molar-refractivity contribution >= 4 is 6.08 Å². The Morgan fingerprint density at radius 3 is 2.62 bits per heavy atom. The molecule has 0 bridgehead atoms. The molecule has 1 aromatic rings. The van der Waals surface area contributed by atoms with Gasteiger partial charge in [-0.05, 0) is 11.6 Å². The number of hydrogen-bond acceptors (Lipinski definition) is 1. The molecule has 0 heterocycles. The molecule has 0 fully saturated rings. The van der Waals surface area contributed by atoms with Crippen molar-refractivity contribution < 1.29 is 5.11 Å². The van der Waals surface area contributed by atoms with E-state index in [1.807, 2.05) is 36.4 Å². The molecule has 0 saturated heterocycles.